The second-order valence-electron chi connectivity index (χ2n) is 4.82. The van der Waals surface area contributed by atoms with Crippen molar-refractivity contribution >= 4 is 11.6 Å². The minimum absolute atomic E-state index is 0.0884. The van der Waals surface area contributed by atoms with Gasteiger partial charge in [-0.25, -0.2) is 0 Å². The number of fused-ring (bicyclic) bond motifs is 1. The smallest absolute Gasteiger partial charge is 0.228 e. The number of nitrogens with one attached hydrogen (secondary N) is 1. The van der Waals surface area contributed by atoms with Gasteiger partial charge in [0.15, 0.2) is 0 Å². The zero-order valence-electron chi connectivity index (χ0n) is 10.6. The zero-order chi connectivity index (χ0) is 12.7. The summed E-state index contributed by atoms with van der Waals surface area (Å²) in [5.74, 6) is 0.0884. The molecule has 0 aromatic heterocycles. The summed E-state index contributed by atoms with van der Waals surface area (Å²) in [5.41, 5.74) is 7.00. The standard InChI is InChI=1S/C16H15NO/c1-10-5-3-4-6-12(10)16-11(2)7-8-14-13(16)9-15(18)17-14/h3-8H,9H2,1-2H3,(H,17,18). The van der Waals surface area contributed by atoms with Crippen LogP contribution in [0.15, 0.2) is 36.4 Å². The van der Waals surface area contributed by atoms with Gasteiger partial charge in [0.1, 0.15) is 0 Å². The molecule has 90 valence electrons. The van der Waals surface area contributed by atoms with Crippen LogP contribution in [0.25, 0.3) is 11.1 Å². The summed E-state index contributed by atoms with van der Waals surface area (Å²) in [5, 5.41) is 2.92. The third-order valence-electron chi connectivity index (χ3n) is 3.55. The molecule has 1 N–H and O–H groups in total. The molecular weight excluding hydrogens is 222 g/mol. The lowest BCUT2D eigenvalue weighted by atomic mass is 9.91. The molecule has 0 aliphatic carbocycles. The van der Waals surface area contributed by atoms with Gasteiger partial charge in [0.25, 0.3) is 0 Å². The van der Waals surface area contributed by atoms with E-state index in [-0.39, 0.29) is 5.91 Å². The Hall–Kier alpha value is -2.09. The van der Waals surface area contributed by atoms with Crippen molar-refractivity contribution in [2.24, 2.45) is 0 Å². The average Bonchev–Trinajstić information content (AvgIpc) is 2.71. The molecule has 0 saturated carbocycles. The zero-order valence-corrected chi connectivity index (χ0v) is 10.6. The lowest BCUT2D eigenvalue weighted by molar-refractivity contribution is -0.115. The van der Waals surface area contributed by atoms with E-state index >= 15 is 0 Å². The molecule has 3 rings (SSSR count). The second kappa shape index (κ2) is 3.98. The Labute approximate surface area is 107 Å². The largest absolute Gasteiger partial charge is 0.326 e. The Morgan fingerprint density at radius 2 is 1.78 bits per heavy atom. The summed E-state index contributed by atoms with van der Waals surface area (Å²) < 4.78 is 0. The minimum atomic E-state index is 0.0884. The summed E-state index contributed by atoms with van der Waals surface area (Å²) >= 11 is 0. The number of anilines is 1. The molecule has 0 bridgehead atoms. The molecule has 0 spiro atoms. The van der Waals surface area contributed by atoms with Crippen LogP contribution in [0.3, 0.4) is 0 Å². The van der Waals surface area contributed by atoms with Crippen LogP contribution < -0.4 is 5.32 Å². The fourth-order valence-electron chi connectivity index (χ4n) is 2.65. The second-order valence-corrected chi connectivity index (χ2v) is 4.82. The first-order chi connectivity index (χ1) is 8.66. The van der Waals surface area contributed by atoms with Gasteiger partial charge in [0.2, 0.25) is 5.91 Å². The molecule has 2 heteroatoms. The number of benzene rings is 2. The highest BCUT2D eigenvalue weighted by Crippen LogP contribution is 2.37. The maximum absolute atomic E-state index is 11.6. The van der Waals surface area contributed by atoms with Crippen LogP contribution in [0.1, 0.15) is 16.7 Å². The molecule has 1 aliphatic rings. The number of carbonyl (C=O) groups excluding carboxylic acids is 1. The van der Waals surface area contributed by atoms with E-state index in [4.69, 9.17) is 0 Å². The molecule has 1 amide bonds. The molecule has 1 aliphatic heterocycles. The highest BCUT2D eigenvalue weighted by Gasteiger charge is 2.23. The van der Waals surface area contributed by atoms with Gasteiger partial charge in [-0.15, -0.1) is 0 Å². The first-order valence-electron chi connectivity index (χ1n) is 6.15. The number of carbonyl (C=O) groups is 1. The van der Waals surface area contributed by atoms with E-state index < -0.39 is 0 Å². The number of rotatable bonds is 1. The van der Waals surface area contributed by atoms with Gasteiger partial charge in [-0.3, -0.25) is 4.79 Å². The van der Waals surface area contributed by atoms with Crippen molar-refractivity contribution in [1.82, 2.24) is 0 Å². The molecule has 18 heavy (non-hydrogen) atoms. The summed E-state index contributed by atoms with van der Waals surface area (Å²) in [7, 11) is 0. The van der Waals surface area contributed by atoms with Crippen molar-refractivity contribution in [1.29, 1.82) is 0 Å². The molecule has 2 nitrogen and oxygen atoms in total. The van der Waals surface area contributed by atoms with Crippen LogP contribution in [-0.4, -0.2) is 5.91 Å². The molecule has 0 saturated heterocycles. The molecule has 2 aromatic carbocycles. The molecule has 0 fully saturated rings. The van der Waals surface area contributed by atoms with Gasteiger partial charge >= 0.3 is 0 Å². The first kappa shape index (κ1) is 11.0. The minimum Gasteiger partial charge on any atom is -0.326 e. The molecule has 0 unspecified atom stereocenters. The third kappa shape index (κ3) is 1.61. The van der Waals surface area contributed by atoms with E-state index in [2.05, 4.69) is 37.4 Å². The quantitative estimate of drug-likeness (QED) is 0.808. The summed E-state index contributed by atoms with van der Waals surface area (Å²) in [6, 6.07) is 12.4. The number of amides is 1. The highest BCUT2D eigenvalue weighted by molar-refractivity contribution is 6.02. The topological polar surface area (TPSA) is 29.1 Å². The van der Waals surface area contributed by atoms with Crippen molar-refractivity contribution in [3.63, 3.8) is 0 Å². The predicted octanol–water partition coefficient (Wildman–Crippen LogP) is 3.47. The van der Waals surface area contributed by atoms with Crippen LogP contribution in [0.2, 0.25) is 0 Å². The lowest BCUT2D eigenvalue weighted by Gasteiger charge is -2.13. The van der Waals surface area contributed by atoms with E-state index in [1.54, 1.807) is 0 Å². The van der Waals surface area contributed by atoms with Gasteiger partial charge in [-0.05, 0) is 47.7 Å². The van der Waals surface area contributed by atoms with Gasteiger partial charge in [0.05, 0.1) is 6.42 Å². The van der Waals surface area contributed by atoms with Crippen molar-refractivity contribution in [2.45, 2.75) is 20.3 Å². The molecule has 1 heterocycles. The Kier molecular flexibility index (Phi) is 2.44. The highest BCUT2D eigenvalue weighted by atomic mass is 16.1. The van der Waals surface area contributed by atoms with Crippen LogP contribution in [0.4, 0.5) is 5.69 Å². The Morgan fingerprint density at radius 3 is 2.56 bits per heavy atom. The number of hydrogen-bond acceptors (Lipinski definition) is 1. The van der Waals surface area contributed by atoms with E-state index in [0.29, 0.717) is 6.42 Å². The first-order valence-corrected chi connectivity index (χ1v) is 6.15. The van der Waals surface area contributed by atoms with Crippen molar-refractivity contribution in [2.75, 3.05) is 5.32 Å². The molecule has 0 atom stereocenters. The SMILES string of the molecule is Cc1ccccc1-c1c(C)ccc2c1CC(=O)N2. The maximum Gasteiger partial charge on any atom is 0.228 e. The van der Waals surface area contributed by atoms with Gasteiger partial charge in [0, 0.05) is 5.69 Å². The molecule has 0 radical (unpaired) electrons. The lowest BCUT2D eigenvalue weighted by Crippen LogP contribution is -2.03. The fraction of sp³-hybridized carbons (Fsp3) is 0.188. The van der Waals surface area contributed by atoms with Gasteiger partial charge in [-0.1, -0.05) is 30.3 Å². The van der Waals surface area contributed by atoms with E-state index in [0.717, 1.165) is 11.3 Å². The Balaban J connectivity index is 2.28. The Bertz CT molecular complexity index is 644. The van der Waals surface area contributed by atoms with Crippen LogP contribution in [0.5, 0.6) is 0 Å². The van der Waals surface area contributed by atoms with Crippen molar-refractivity contribution in [3.05, 3.63) is 53.1 Å². The van der Waals surface area contributed by atoms with Crippen LogP contribution in [-0.2, 0) is 11.2 Å². The van der Waals surface area contributed by atoms with Crippen molar-refractivity contribution in [3.8, 4) is 11.1 Å². The normalized spacial score (nSPS) is 13.3. The monoisotopic (exact) mass is 237 g/mol. The predicted molar refractivity (Wildman–Crippen MR) is 73.7 cm³/mol. The van der Waals surface area contributed by atoms with Crippen LogP contribution >= 0.6 is 0 Å². The summed E-state index contributed by atoms with van der Waals surface area (Å²) in [6.45, 7) is 4.21. The van der Waals surface area contributed by atoms with E-state index in [1.807, 2.05) is 18.2 Å². The van der Waals surface area contributed by atoms with E-state index in [9.17, 15) is 4.79 Å². The fourth-order valence-corrected chi connectivity index (χ4v) is 2.65. The maximum atomic E-state index is 11.6. The van der Waals surface area contributed by atoms with Crippen molar-refractivity contribution < 1.29 is 4.79 Å². The molecular formula is C16H15NO. The number of hydrogen-bond donors (Lipinski definition) is 1. The summed E-state index contributed by atoms with van der Waals surface area (Å²) in [4.78, 5) is 11.6. The third-order valence-corrected chi connectivity index (χ3v) is 3.55. The Morgan fingerprint density at radius 1 is 1.00 bits per heavy atom. The van der Waals surface area contributed by atoms with Gasteiger partial charge in [-0.2, -0.15) is 0 Å². The number of aryl methyl sites for hydroxylation is 2. The summed E-state index contributed by atoms with van der Waals surface area (Å²) in [6.07, 6.45) is 0.487. The van der Waals surface area contributed by atoms with Gasteiger partial charge < -0.3 is 5.32 Å². The average molecular weight is 237 g/mol. The van der Waals surface area contributed by atoms with E-state index in [1.165, 1.54) is 22.3 Å². The van der Waals surface area contributed by atoms with Crippen LogP contribution in [0, 0.1) is 13.8 Å². The molecule has 2 aromatic rings.